The minimum absolute atomic E-state index is 0.638. The molecule has 0 aliphatic carbocycles. The molecule has 0 amide bonds. The maximum Gasteiger partial charge on any atom is 0.100 e. The fraction of sp³-hybridized carbons (Fsp3) is 0.294. The van der Waals surface area contributed by atoms with E-state index in [4.69, 9.17) is 0 Å². The molecule has 4 nitrogen and oxygen atoms in total. The maximum absolute atomic E-state index is 4.47. The largest absolute Gasteiger partial charge is 0.312 e. The Kier molecular flexibility index (Phi) is 3.97. The first-order valence-corrected chi connectivity index (χ1v) is 7.32. The minimum Gasteiger partial charge on any atom is -0.312 e. The topological polar surface area (TPSA) is 42.7 Å². The second-order valence-corrected chi connectivity index (χ2v) is 5.63. The lowest BCUT2D eigenvalue weighted by Gasteiger charge is -2.12. The Morgan fingerprint density at radius 1 is 1.19 bits per heavy atom. The lowest BCUT2D eigenvalue weighted by Crippen LogP contribution is -2.20. The number of nitrogens with one attached hydrogen (secondary N) is 1. The highest BCUT2D eigenvalue weighted by Gasteiger charge is 2.08. The van der Waals surface area contributed by atoms with Gasteiger partial charge in [0.15, 0.2) is 0 Å². The predicted molar refractivity (Wildman–Crippen MR) is 85.4 cm³/mol. The maximum atomic E-state index is 4.47. The van der Waals surface area contributed by atoms with Gasteiger partial charge in [-0.3, -0.25) is 9.55 Å². The molecular formula is C17H20N4. The number of hydrogen-bond donors (Lipinski definition) is 1. The van der Waals surface area contributed by atoms with Crippen LogP contribution in [0.15, 0.2) is 49.1 Å². The van der Waals surface area contributed by atoms with Gasteiger partial charge < -0.3 is 5.32 Å². The summed E-state index contributed by atoms with van der Waals surface area (Å²) in [6.45, 7) is 6.23. The van der Waals surface area contributed by atoms with Crippen molar-refractivity contribution >= 4 is 11.0 Å². The average Bonchev–Trinajstić information content (AvgIpc) is 2.91. The monoisotopic (exact) mass is 280 g/mol. The number of nitrogens with zero attached hydrogens (tertiary/aromatic N) is 3. The molecule has 3 aromatic rings. The van der Waals surface area contributed by atoms with Gasteiger partial charge in [-0.15, -0.1) is 0 Å². The van der Waals surface area contributed by atoms with E-state index in [1.165, 1.54) is 5.56 Å². The van der Waals surface area contributed by atoms with Gasteiger partial charge in [-0.2, -0.15) is 0 Å². The van der Waals surface area contributed by atoms with Crippen LogP contribution < -0.4 is 5.32 Å². The molecule has 21 heavy (non-hydrogen) atoms. The van der Waals surface area contributed by atoms with Gasteiger partial charge in [0, 0.05) is 24.5 Å². The summed E-state index contributed by atoms with van der Waals surface area (Å²) in [4.78, 5) is 8.73. The summed E-state index contributed by atoms with van der Waals surface area (Å²) in [5.41, 5.74) is 4.44. The zero-order valence-electron chi connectivity index (χ0n) is 12.5. The molecule has 4 heteroatoms. The van der Waals surface area contributed by atoms with Gasteiger partial charge in [-0.05, 0) is 30.7 Å². The third-order valence-electron chi connectivity index (χ3n) is 3.46. The zero-order chi connectivity index (χ0) is 14.7. The van der Waals surface area contributed by atoms with Crippen molar-refractivity contribution in [3.63, 3.8) is 0 Å². The summed E-state index contributed by atoms with van der Waals surface area (Å²) >= 11 is 0. The van der Waals surface area contributed by atoms with E-state index in [9.17, 15) is 0 Å². The zero-order valence-corrected chi connectivity index (χ0v) is 12.5. The Balaban J connectivity index is 1.95. The fourth-order valence-corrected chi connectivity index (χ4v) is 2.44. The second-order valence-electron chi connectivity index (χ2n) is 5.63. The summed E-state index contributed by atoms with van der Waals surface area (Å²) in [5.74, 6) is 0.638. The number of imidazole rings is 1. The van der Waals surface area contributed by atoms with E-state index in [0.29, 0.717) is 5.92 Å². The van der Waals surface area contributed by atoms with Gasteiger partial charge in [-0.1, -0.05) is 26.0 Å². The van der Waals surface area contributed by atoms with Gasteiger partial charge in [0.2, 0.25) is 0 Å². The van der Waals surface area contributed by atoms with Crippen LogP contribution in [0.3, 0.4) is 0 Å². The highest BCUT2D eigenvalue weighted by Crippen LogP contribution is 2.20. The van der Waals surface area contributed by atoms with Crippen molar-refractivity contribution in [1.29, 1.82) is 0 Å². The van der Waals surface area contributed by atoms with Gasteiger partial charge in [0.25, 0.3) is 0 Å². The van der Waals surface area contributed by atoms with Crippen LogP contribution >= 0.6 is 0 Å². The molecule has 0 unspecified atom stereocenters. The van der Waals surface area contributed by atoms with Crippen molar-refractivity contribution in [2.45, 2.75) is 20.4 Å². The first-order chi connectivity index (χ1) is 10.3. The van der Waals surface area contributed by atoms with Gasteiger partial charge in [0.1, 0.15) is 6.33 Å². The Morgan fingerprint density at radius 3 is 2.90 bits per heavy atom. The molecule has 0 saturated carbocycles. The van der Waals surface area contributed by atoms with Crippen molar-refractivity contribution in [2.75, 3.05) is 6.54 Å². The van der Waals surface area contributed by atoms with Crippen LogP contribution in [0.2, 0.25) is 0 Å². The first kappa shape index (κ1) is 13.8. The van der Waals surface area contributed by atoms with E-state index >= 15 is 0 Å². The number of aromatic nitrogens is 3. The van der Waals surface area contributed by atoms with E-state index < -0.39 is 0 Å². The molecule has 1 aromatic carbocycles. The smallest absolute Gasteiger partial charge is 0.100 e. The van der Waals surface area contributed by atoms with E-state index in [0.717, 1.165) is 29.8 Å². The van der Waals surface area contributed by atoms with Gasteiger partial charge in [-0.25, -0.2) is 4.98 Å². The van der Waals surface area contributed by atoms with E-state index in [1.54, 1.807) is 0 Å². The number of benzene rings is 1. The molecule has 0 atom stereocenters. The molecule has 0 bridgehead atoms. The molecule has 2 aromatic heterocycles. The molecular weight excluding hydrogens is 260 g/mol. The Bertz CT molecular complexity index is 730. The SMILES string of the molecule is CC(C)CNCc1cnccc1-n1cnc2ccccc21. The van der Waals surface area contributed by atoms with Crippen LogP contribution in [-0.2, 0) is 6.54 Å². The van der Waals surface area contributed by atoms with Gasteiger partial charge >= 0.3 is 0 Å². The Labute approximate surface area is 124 Å². The molecule has 2 heterocycles. The number of para-hydroxylation sites is 2. The van der Waals surface area contributed by atoms with Crippen LogP contribution in [0.25, 0.3) is 16.7 Å². The lowest BCUT2D eigenvalue weighted by molar-refractivity contribution is 0.551. The third-order valence-corrected chi connectivity index (χ3v) is 3.46. The lowest BCUT2D eigenvalue weighted by atomic mass is 10.2. The molecule has 3 rings (SSSR count). The highest BCUT2D eigenvalue weighted by atomic mass is 15.1. The highest BCUT2D eigenvalue weighted by molar-refractivity contribution is 5.77. The number of pyridine rings is 1. The van der Waals surface area contributed by atoms with Crippen LogP contribution in [0.4, 0.5) is 0 Å². The second kappa shape index (κ2) is 6.06. The molecule has 0 fully saturated rings. The summed E-state index contributed by atoms with van der Waals surface area (Å²) in [5, 5.41) is 3.48. The normalized spacial score (nSPS) is 11.4. The van der Waals surface area contributed by atoms with E-state index in [-0.39, 0.29) is 0 Å². The quantitative estimate of drug-likeness (QED) is 0.780. The van der Waals surface area contributed by atoms with Crippen molar-refractivity contribution < 1.29 is 0 Å². The summed E-state index contributed by atoms with van der Waals surface area (Å²) in [6, 6.07) is 10.2. The summed E-state index contributed by atoms with van der Waals surface area (Å²) < 4.78 is 2.13. The molecule has 108 valence electrons. The van der Waals surface area contributed by atoms with E-state index in [2.05, 4.69) is 39.8 Å². The molecule has 0 aliphatic rings. The molecule has 0 aliphatic heterocycles. The number of fused-ring (bicyclic) bond motifs is 1. The van der Waals surface area contributed by atoms with Crippen LogP contribution in [0, 0.1) is 5.92 Å². The van der Waals surface area contributed by atoms with Crippen LogP contribution in [-0.4, -0.2) is 21.1 Å². The Morgan fingerprint density at radius 2 is 2.05 bits per heavy atom. The first-order valence-electron chi connectivity index (χ1n) is 7.32. The van der Waals surface area contributed by atoms with Crippen LogP contribution in [0.5, 0.6) is 0 Å². The van der Waals surface area contributed by atoms with Crippen molar-refractivity contribution in [2.24, 2.45) is 5.92 Å². The van der Waals surface area contributed by atoms with Gasteiger partial charge in [0.05, 0.1) is 16.7 Å². The standard InChI is InChI=1S/C17H20N4/c1-13(2)9-19-11-14-10-18-8-7-16(14)21-12-20-15-5-3-4-6-17(15)21/h3-8,10,12-13,19H,9,11H2,1-2H3. The molecule has 0 radical (unpaired) electrons. The minimum atomic E-state index is 0.638. The summed E-state index contributed by atoms with van der Waals surface area (Å²) in [6.07, 6.45) is 5.64. The van der Waals surface area contributed by atoms with Crippen molar-refractivity contribution in [1.82, 2.24) is 19.9 Å². The number of hydrogen-bond acceptors (Lipinski definition) is 3. The van der Waals surface area contributed by atoms with Crippen molar-refractivity contribution in [3.05, 3.63) is 54.6 Å². The number of rotatable bonds is 5. The molecule has 0 saturated heterocycles. The third kappa shape index (κ3) is 2.95. The van der Waals surface area contributed by atoms with Crippen LogP contribution in [0.1, 0.15) is 19.4 Å². The Hall–Kier alpha value is -2.20. The summed E-state index contributed by atoms with van der Waals surface area (Å²) in [7, 11) is 0. The molecule has 1 N–H and O–H groups in total. The fourth-order valence-electron chi connectivity index (χ4n) is 2.44. The molecule has 0 spiro atoms. The van der Waals surface area contributed by atoms with Crippen molar-refractivity contribution in [3.8, 4) is 5.69 Å². The van der Waals surface area contributed by atoms with E-state index in [1.807, 2.05) is 43.0 Å². The average molecular weight is 280 g/mol. The predicted octanol–water partition coefficient (Wildman–Crippen LogP) is 3.17.